The minimum Gasteiger partial charge on any atom is -0.456 e. The smallest absolute Gasteiger partial charge is 0.179 e. The first kappa shape index (κ1) is 23.2. The molecular weight excluding hydrogens is 857 g/mol. The quantitative estimate of drug-likeness (QED) is 0.107. The van der Waals surface area contributed by atoms with Crippen LogP contribution in [0.2, 0.25) is 0 Å². The molecule has 13 aromatic rings. The van der Waals surface area contributed by atoms with Crippen molar-refractivity contribution in [2.45, 2.75) is 0 Å². The number of nitrogens with zero attached hydrogens (tertiary/aromatic N) is 4. The molecule has 0 aliphatic heterocycles. The number of hydrogen-bond donors (Lipinski definition) is 0. The van der Waals surface area contributed by atoms with Crippen molar-refractivity contribution in [2.24, 2.45) is 0 Å². The van der Waals surface area contributed by atoms with Crippen molar-refractivity contribution in [1.82, 2.24) is 19.5 Å². The Labute approximate surface area is 432 Å². The Morgan fingerprint density at radius 1 is 0.362 bits per heavy atom. The fourth-order valence-electron chi connectivity index (χ4n) is 9.04. The number of para-hydroxylation sites is 4. The molecule has 0 spiro atoms. The normalized spacial score (nSPS) is 16.4. The first-order valence-electron chi connectivity index (χ1n) is 33.0. The summed E-state index contributed by atoms with van der Waals surface area (Å²) < 4.78 is 217. The third-order valence-electron chi connectivity index (χ3n) is 12.0. The van der Waals surface area contributed by atoms with Crippen LogP contribution in [0.1, 0.15) is 31.5 Å². The summed E-state index contributed by atoms with van der Waals surface area (Å²) >= 11 is 0. The second-order valence-electron chi connectivity index (χ2n) is 15.7. The van der Waals surface area contributed by atoms with Gasteiger partial charge in [0.25, 0.3) is 0 Å². The van der Waals surface area contributed by atoms with Crippen LogP contribution in [-0.4, -0.2) is 27.6 Å². The predicted molar refractivity (Wildman–Crippen MR) is 287 cm³/mol. The summed E-state index contributed by atoms with van der Waals surface area (Å²) in [5.41, 5.74) is -5.30. The van der Waals surface area contributed by atoms with Gasteiger partial charge in [0.15, 0.2) is 25.5 Å². The van der Waals surface area contributed by atoms with Crippen LogP contribution in [0.3, 0.4) is 0 Å². The number of rotatable bonds is 9. The van der Waals surface area contributed by atoms with Crippen molar-refractivity contribution < 1.29 is 35.9 Å². The van der Waals surface area contributed by atoms with Gasteiger partial charge in [-0.1, -0.05) is 212 Å². The summed E-state index contributed by atoms with van der Waals surface area (Å²) in [7, 11) is -3.25. The highest BCUT2D eigenvalue weighted by atomic mass is 28.3. The predicted octanol–water partition coefficient (Wildman–Crippen LogP) is 12.9. The summed E-state index contributed by atoms with van der Waals surface area (Å²) in [6.07, 6.45) is 0. The summed E-state index contributed by atoms with van der Waals surface area (Å²) in [6.45, 7) is 0. The van der Waals surface area contributed by atoms with Gasteiger partial charge in [-0.3, -0.25) is 0 Å². The molecule has 0 radical (unpaired) electrons. The zero-order valence-corrected chi connectivity index (χ0v) is 36.7. The molecule has 324 valence electrons. The van der Waals surface area contributed by atoms with E-state index in [2.05, 4.69) is 36.4 Å². The van der Waals surface area contributed by atoms with Gasteiger partial charge in [0.2, 0.25) is 0 Å². The van der Waals surface area contributed by atoms with E-state index < -0.39 is 225 Å². The largest absolute Gasteiger partial charge is 0.456 e. The van der Waals surface area contributed by atoms with Gasteiger partial charge < -0.3 is 8.98 Å². The molecule has 3 aromatic heterocycles. The van der Waals surface area contributed by atoms with Gasteiger partial charge in [-0.15, -0.1) is 0 Å². The molecule has 13 rings (SSSR count). The Morgan fingerprint density at radius 2 is 0.826 bits per heavy atom. The molecule has 0 bridgehead atoms. The molecule has 0 amide bonds. The molecular formula is C63H42N4OSi. The van der Waals surface area contributed by atoms with Crippen LogP contribution in [0.15, 0.2) is 259 Å². The summed E-state index contributed by atoms with van der Waals surface area (Å²) in [5.74, 6) is -1.75. The van der Waals surface area contributed by atoms with E-state index in [4.69, 9.17) is 37.2 Å². The molecule has 3 heterocycles. The van der Waals surface area contributed by atoms with Gasteiger partial charge in [0.1, 0.15) is 11.2 Å². The van der Waals surface area contributed by atoms with E-state index >= 15 is 0 Å². The second kappa shape index (κ2) is 16.7. The molecule has 0 N–H and O–H groups in total. The van der Waals surface area contributed by atoms with E-state index in [9.17, 15) is 13.7 Å². The molecule has 0 saturated carbocycles. The number of benzene rings is 10. The van der Waals surface area contributed by atoms with Crippen molar-refractivity contribution in [1.29, 1.82) is 0 Å². The van der Waals surface area contributed by atoms with Crippen LogP contribution in [0.25, 0.3) is 94.7 Å². The monoisotopic (exact) mass is 921 g/mol. The van der Waals surface area contributed by atoms with E-state index in [-0.39, 0.29) is 16.8 Å². The minimum absolute atomic E-state index is 0.164. The first-order valence-corrected chi connectivity index (χ1v) is 23.5. The zero-order valence-electron chi connectivity index (χ0n) is 58.7. The van der Waals surface area contributed by atoms with Crippen molar-refractivity contribution in [3.05, 3.63) is 254 Å². The Bertz CT molecular complexity index is 5210. The summed E-state index contributed by atoms with van der Waals surface area (Å²) in [4.78, 5) is 14.6. The second-order valence-corrected chi connectivity index (χ2v) is 19.6. The lowest BCUT2D eigenvalue weighted by molar-refractivity contribution is 0.669. The molecule has 69 heavy (non-hydrogen) atoms. The number of furan rings is 1. The molecule has 0 aliphatic carbocycles. The van der Waals surface area contributed by atoms with Crippen LogP contribution in [0, 0.1) is 0 Å². The summed E-state index contributed by atoms with van der Waals surface area (Å²) in [5, 5.41) is 2.21. The lowest BCUT2D eigenvalue weighted by atomic mass is 9.97. The topological polar surface area (TPSA) is 56.7 Å². The Balaban J connectivity index is 1.19. The minimum atomic E-state index is -3.25. The maximum absolute atomic E-state index is 9.81. The Kier molecular flexibility index (Phi) is 5.61. The van der Waals surface area contributed by atoms with E-state index in [0.717, 1.165) is 25.3 Å². The highest BCUT2D eigenvalue weighted by Crippen LogP contribution is 2.39. The highest BCUT2D eigenvalue weighted by molar-refractivity contribution is 7.19. The number of aromatic nitrogens is 4. The van der Waals surface area contributed by atoms with Gasteiger partial charge in [0, 0.05) is 38.2 Å². The van der Waals surface area contributed by atoms with Crippen molar-refractivity contribution in [3.8, 4) is 51.0 Å². The van der Waals surface area contributed by atoms with Crippen molar-refractivity contribution in [2.75, 3.05) is 0 Å². The van der Waals surface area contributed by atoms with Crippen molar-refractivity contribution >= 4 is 72.6 Å². The maximum atomic E-state index is 9.81. The molecule has 0 aliphatic rings. The van der Waals surface area contributed by atoms with Crippen LogP contribution in [0.4, 0.5) is 0 Å². The molecule has 6 heteroatoms. The van der Waals surface area contributed by atoms with Crippen LogP contribution < -0.4 is 20.7 Å². The molecule has 10 aromatic carbocycles. The highest BCUT2D eigenvalue weighted by Gasteiger charge is 2.41. The van der Waals surface area contributed by atoms with Crippen molar-refractivity contribution in [3.63, 3.8) is 0 Å². The lowest BCUT2D eigenvalue weighted by Gasteiger charge is -2.34. The number of hydrogen-bond acceptors (Lipinski definition) is 4. The van der Waals surface area contributed by atoms with Gasteiger partial charge in [0.05, 0.1) is 48.2 Å². The van der Waals surface area contributed by atoms with E-state index in [1.54, 1.807) is 12.1 Å². The average molecular weight is 922 g/mol. The Hall–Kier alpha value is -8.97. The fourth-order valence-corrected chi connectivity index (χ4v) is 13.8. The van der Waals surface area contributed by atoms with E-state index in [0.29, 0.717) is 0 Å². The Morgan fingerprint density at radius 3 is 1.45 bits per heavy atom. The molecule has 0 atom stereocenters. The van der Waals surface area contributed by atoms with Crippen LogP contribution in [-0.2, 0) is 0 Å². The van der Waals surface area contributed by atoms with Gasteiger partial charge >= 0.3 is 0 Å². The fraction of sp³-hybridized carbons (Fsp3) is 0. The average Bonchev–Trinajstić information content (AvgIpc) is 1.53. The van der Waals surface area contributed by atoms with E-state index in [1.165, 1.54) is 0 Å². The van der Waals surface area contributed by atoms with Crippen LogP contribution >= 0.6 is 0 Å². The first-order chi connectivity index (χ1) is 43.8. The van der Waals surface area contributed by atoms with E-state index in [1.807, 2.05) is 66.7 Å². The zero-order chi connectivity index (χ0) is 65.7. The third kappa shape index (κ3) is 6.72. The molecule has 0 fully saturated rings. The van der Waals surface area contributed by atoms with Gasteiger partial charge in [-0.25, -0.2) is 15.0 Å². The SMILES string of the molecule is [2H]c1c([2H])c([2H])c(-c2c([2H])c([2H])c3oc4c([2H])c([2H])c([2H])c([2H])c4c3c2[2H])c(-c2nc(-c3ccc([Si](c4ccccc4)(c4ccccc4)c4ccccc4)cc3)nc(-c3c([2H])c([2H])c([2H])c([2H])c3-n3c4c([2H])c([2H])c([2H])c([2H])c4c4c([2H])c([2H])c([2H])c([2H])c43)n2)c1[2H]. The molecule has 0 saturated heterocycles. The van der Waals surface area contributed by atoms with Gasteiger partial charge in [-0.2, -0.15) is 0 Å². The molecule has 0 unspecified atom stereocenters. The third-order valence-corrected chi connectivity index (χ3v) is 16.8. The number of fused-ring (bicyclic) bond motifs is 6. The standard InChI is InChI=1S/C63H42N4OSi/c1-4-20-45(21-5-1)69(46-22-6-2-7-23-46,47-24-8-3-9-25-47)48-39-36-43(37-40-48)61-64-62(53-30-11-10-26-49(53)44-38-41-60-55(42-44)52-29-15-19-35-59(52)68-60)66-63(65-61)54-31-14-18-34-58(54)67-56-32-16-12-27-50(56)51-28-13-17-33-57(51)67/h1-42H/i10D,11D,12D,13D,14D,15D,16D,17D,18D,19D,26D,27D,28D,29D,30D,31D,32D,33D,34D,35D,38D,41D,42D. The summed E-state index contributed by atoms with van der Waals surface area (Å²) in [6, 6.07) is 17.8. The van der Waals surface area contributed by atoms with Gasteiger partial charge in [-0.05, 0) is 74.2 Å². The molecule has 5 nitrogen and oxygen atoms in total. The van der Waals surface area contributed by atoms with Crippen LogP contribution in [0.5, 0.6) is 0 Å². The maximum Gasteiger partial charge on any atom is 0.179 e. The lowest BCUT2D eigenvalue weighted by Crippen LogP contribution is -2.74.